The molecule has 84 valence electrons. The Labute approximate surface area is 86.8 Å². The van der Waals surface area contributed by atoms with E-state index in [9.17, 15) is 14.4 Å². The predicted molar refractivity (Wildman–Crippen MR) is 49.0 cm³/mol. The summed E-state index contributed by atoms with van der Waals surface area (Å²) in [5.41, 5.74) is 0. The highest BCUT2D eigenvalue weighted by Gasteiger charge is 2.28. The van der Waals surface area contributed by atoms with E-state index in [0.717, 1.165) is 4.90 Å². The number of hydrogen-bond acceptors (Lipinski definition) is 4. The molecule has 1 rings (SSSR count). The summed E-state index contributed by atoms with van der Waals surface area (Å²) in [6, 6.07) is 0. The minimum Gasteiger partial charge on any atom is -0.481 e. The molecule has 0 spiro atoms. The van der Waals surface area contributed by atoms with Crippen LogP contribution in [-0.2, 0) is 19.1 Å². The topological polar surface area (TPSA) is 83.9 Å². The maximum Gasteiger partial charge on any atom is 0.303 e. The van der Waals surface area contributed by atoms with E-state index in [4.69, 9.17) is 9.84 Å². The summed E-state index contributed by atoms with van der Waals surface area (Å²) in [4.78, 5) is 34.0. The lowest BCUT2D eigenvalue weighted by molar-refractivity contribution is -0.159. The molecule has 1 aliphatic rings. The second kappa shape index (κ2) is 4.88. The zero-order chi connectivity index (χ0) is 11.4. The number of morpholine rings is 1. The van der Waals surface area contributed by atoms with Crippen LogP contribution >= 0.6 is 0 Å². The zero-order valence-corrected chi connectivity index (χ0v) is 8.43. The number of rotatable bonds is 4. The Morgan fingerprint density at radius 3 is 2.47 bits per heavy atom. The van der Waals surface area contributed by atoms with Crippen molar-refractivity contribution in [3.05, 3.63) is 0 Å². The fourth-order valence-corrected chi connectivity index (χ4v) is 1.40. The Balaban J connectivity index is 2.51. The van der Waals surface area contributed by atoms with E-state index < -0.39 is 17.8 Å². The monoisotopic (exact) mass is 215 g/mol. The first-order chi connectivity index (χ1) is 7.00. The molecule has 15 heavy (non-hydrogen) atoms. The van der Waals surface area contributed by atoms with Crippen LogP contribution in [0.15, 0.2) is 0 Å². The van der Waals surface area contributed by atoms with Crippen molar-refractivity contribution in [1.82, 2.24) is 4.90 Å². The molecular weight excluding hydrogens is 202 g/mol. The highest BCUT2D eigenvalue weighted by Crippen LogP contribution is 2.08. The van der Waals surface area contributed by atoms with Crippen molar-refractivity contribution < 1.29 is 24.2 Å². The average molecular weight is 215 g/mol. The molecule has 2 amide bonds. The molecule has 1 aliphatic heterocycles. The zero-order valence-electron chi connectivity index (χ0n) is 8.43. The third kappa shape index (κ3) is 3.32. The lowest BCUT2D eigenvalue weighted by Crippen LogP contribution is -2.48. The van der Waals surface area contributed by atoms with E-state index in [0.29, 0.717) is 0 Å². The van der Waals surface area contributed by atoms with E-state index >= 15 is 0 Å². The Morgan fingerprint density at radius 1 is 1.47 bits per heavy atom. The Kier molecular flexibility index (Phi) is 3.79. The molecule has 0 aliphatic carbocycles. The predicted octanol–water partition coefficient (Wildman–Crippen LogP) is -0.517. The number of ether oxygens (including phenoxy) is 1. The second-order valence-electron chi connectivity index (χ2n) is 3.59. The summed E-state index contributed by atoms with van der Waals surface area (Å²) < 4.78 is 4.73. The Hall–Kier alpha value is -1.43. The molecule has 0 radical (unpaired) electrons. The van der Waals surface area contributed by atoms with Crippen LogP contribution in [0.25, 0.3) is 0 Å². The smallest absolute Gasteiger partial charge is 0.303 e. The first kappa shape index (κ1) is 11.6. The van der Waals surface area contributed by atoms with Gasteiger partial charge >= 0.3 is 5.97 Å². The summed E-state index contributed by atoms with van der Waals surface area (Å²) >= 11 is 0. The average Bonchev–Trinajstić information content (AvgIpc) is 2.10. The molecule has 1 N–H and O–H groups in total. The number of carboxylic acids is 1. The molecule has 0 aromatic carbocycles. The van der Waals surface area contributed by atoms with Crippen molar-refractivity contribution >= 4 is 17.8 Å². The van der Waals surface area contributed by atoms with E-state index in [1.807, 2.05) is 0 Å². The van der Waals surface area contributed by atoms with Gasteiger partial charge in [-0.15, -0.1) is 0 Å². The standard InChI is InChI=1S/C9H13NO5/c1-6(2-9(13)14)3-10-7(11)4-15-5-8(10)12/h6H,2-5H2,1H3,(H,13,14). The molecule has 0 aromatic heterocycles. The van der Waals surface area contributed by atoms with Gasteiger partial charge in [0.15, 0.2) is 0 Å². The van der Waals surface area contributed by atoms with Gasteiger partial charge in [-0.1, -0.05) is 6.92 Å². The molecular formula is C9H13NO5. The van der Waals surface area contributed by atoms with Crippen molar-refractivity contribution in [3.8, 4) is 0 Å². The van der Waals surface area contributed by atoms with Crippen LogP contribution in [0.4, 0.5) is 0 Å². The normalized spacial score (nSPS) is 19.1. The molecule has 1 unspecified atom stereocenters. The molecule has 1 fully saturated rings. The third-order valence-electron chi connectivity index (χ3n) is 2.07. The number of carboxylic acid groups (broad SMARTS) is 1. The maximum atomic E-state index is 11.3. The van der Waals surface area contributed by atoms with Gasteiger partial charge < -0.3 is 9.84 Å². The molecule has 1 heterocycles. The number of imide groups is 1. The second-order valence-corrected chi connectivity index (χ2v) is 3.59. The van der Waals surface area contributed by atoms with Crippen LogP contribution in [0, 0.1) is 5.92 Å². The summed E-state index contributed by atoms with van der Waals surface area (Å²) in [7, 11) is 0. The number of amides is 2. The molecule has 6 nitrogen and oxygen atoms in total. The minimum absolute atomic E-state index is 0.0576. The van der Waals surface area contributed by atoms with E-state index in [2.05, 4.69) is 0 Å². The number of aliphatic carboxylic acids is 1. The third-order valence-corrected chi connectivity index (χ3v) is 2.07. The van der Waals surface area contributed by atoms with Crippen molar-refractivity contribution in [2.45, 2.75) is 13.3 Å². The first-order valence-corrected chi connectivity index (χ1v) is 4.63. The van der Waals surface area contributed by atoms with E-state index in [1.165, 1.54) is 0 Å². The van der Waals surface area contributed by atoms with Crippen LogP contribution in [0.3, 0.4) is 0 Å². The van der Waals surface area contributed by atoms with Crippen LogP contribution in [0.1, 0.15) is 13.3 Å². The van der Waals surface area contributed by atoms with E-state index in [1.54, 1.807) is 6.92 Å². The SMILES string of the molecule is CC(CC(=O)O)CN1C(=O)COCC1=O. The van der Waals surface area contributed by atoms with Crippen LogP contribution in [0.5, 0.6) is 0 Å². The van der Waals surface area contributed by atoms with Crippen LogP contribution < -0.4 is 0 Å². The van der Waals surface area contributed by atoms with Crippen molar-refractivity contribution in [2.75, 3.05) is 19.8 Å². The van der Waals surface area contributed by atoms with Crippen molar-refractivity contribution in [1.29, 1.82) is 0 Å². The molecule has 0 bridgehead atoms. The van der Waals surface area contributed by atoms with Gasteiger partial charge in [0.2, 0.25) is 0 Å². The maximum absolute atomic E-state index is 11.3. The van der Waals surface area contributed by atoms with Crippen LogP contribution in [0.2, 0.25) is 0 Å². The molecule has 1 atom stereocenters. The summed E-state index contributed by atoms with van der Waals surface area (Å²) in [5.74, 6) is -1.98. The fraction of sp³-hybridized carbons (Fsp3) is 0.667. The first-order valence-electron chi connectivity index (χ1n) is 4.63. The molecule has 0 aromatic rings. The molecule has 0 saturated carbocycles. The van der Waals surface area contributed by atoms with Gasteiger partial charge in [0.1, 0.15) is 13.2 Å². The number of hydrogen-bond donors (Lipinski definition) is 1. The number of carbonyl (C=O) groups is 3. The highest BCUT2D eigenvalue weighted by molar-refractivity contribution is 5.98. The Bertz CT molecular complexity index is 272. The van der Waals surface area contributed by atoms with Gasteiger partial charge in [-0.05, 0) is 5.92 Å². The quantitative estimate of drug-likeness (QED) is 0.638. The minimum atomic E-state index is -0.935. The summed E-state index contributed by atoms with van der Waals surface area (Å²) in [6.07, 6.45) is -0.0576. The molecule has 6 heteroatoms. The van der Waals surface area contributed by atoms with Gasteiger partial charge in [0.25, 0.3) is 11.8 Å². The lowest BCUT2D eigenvalue weighted by atomic mass is 10.1. The van der Waals surface area contributed by atoms with Gasteiger partial charge in [-0.2, -0.15) is 0 Å². The van der Waals surface area contributed by atoms with Gasteiger partial charge in [0, 0.05) is 13.0 Å². The van der Waals surface area contributed by atoms with Crippen molar-refractivity contribution in [2.24, 2.45) is 5.92 Å². The Morgan fingerprint density at radius 2 is 2.00 bits per heavy atom. The number of nitrogens with zero attached hydrogens (tertiary/aromatic N) is 1. The van der Waals surface area contributed by atoms with Gasteiger partial charge in [-0.25, -0.2) is 0 Å². The van der Waals surface area contributed by atoms with Crippen molar-refractivity contribution in [3.63, 3.8) is 0 Å². The molecule has 1 saturated heterocycles. The highest BCUT2D eigenvalue weighted by atomic mass is 16.5. The largest absolute Gasteiger partial charge is 0.481 e. The van der Waals surface area contributed by atoms with Gasteiger partial charge in [-0.3, -0.25) is 19.3 Å². The van der Waals surface area contributed by atoms with Crippen LogP contribution in [-0.4, -0.2) is 47.5 Å². The van der Waals surface area contributed by atoms with E-state index in [-0.39, 0.29) is 32.1 Å². The fourth-order valence-electron chi connectivity index (χ4n) is 1.40. The summed E-state index contributed by atoms with van der Waals surface area (Å²) in [5, 5.41) is 8.53. The number of carbonyl (C=O) groups excluding carboxylic acids is 2. The lowest BCUT2D eigenvalue weighted by Gasteiger charge is -2.26. The summed E-state index contributed by atoms with van der Waals surface area (Å²) in [6.45, 7) is 1.62. The van der Waals surface area contributed by atoms with Gasteiger partial charge in [0.05, 0.1) is 0 Å².